The normalized spacial score (nSPS) is 11.1. The topological polar surface area (TPSA) is 146 Å². The molecular weight excluding hydrogens is 486 g/mol. The number of para-hydroxylation sites is 2. The van der Waals surface area contributed by atoms with Crippen molar-refractivity contribution < 1.29 is 27.7 Å². The van der Waals surface area contributed by atoms with E-state index >= 15 is 0 Å². The van der Waals surface area contributed by atoms with Crippen molar-refractivity contribution in [2.24, 2.45) is 0 Å². The van der Waals surface area contributed by atoms with Gasteiger partial charge in [0.05, 0.1) is 13.7 Å². The van der Waals surface area contributed by atoms with Crippen molar-refractivity contribution in [3.63, 3.8) is 0 Å². The molecule has 0 saturated carbocycles. The van der Waals surface area contributed by atoms with Gasteiger partial charge in [-0.05, 0) is 42.8 Å². The number of rotatable bonds is 10. The fraction of sp³-hybridized carbons (Fsp3) is 0.167. The highest BCUT2D eigenvalue weighted by Crippen LogP contribution is 2.41. The summed E-state index contributed by atoms with van der Waals surface area (Å²) in [4.78, 5) is 16.8. The molecule has 0 aliphatic carbocycles. The first kappa shape index (κ1) is 24.8. The lowest BCUT2D eigenvalue weighted by molar-refractivity contribution is 0.192. The molecule has 2 N–H and O–H groups in total. The summed E-state index contributed by atoms with van der Waals surface area (Å²) < 4.78 is 45.9. The van der Waals surface area contributed by atoms with Crippen LogP contribution in [0.3, 0.4) is 0 Å². The average molecular weight is 510 g/mol. The Morgan fingerprint density at radius 2 is 1.75 bits per heavy atom. The second-order valence-electron chi connectivity index (χ2n) is 7.37. The lowest BCUT2D eigenvalue weighted by Crippen LogP contribution is -2.17. The Morgan fingerprint density at radius 3 is 2.42 bits per heavy atom. The molecule has 3 aromatic heterocycles. The minimum Gasteiger partial charge on any atom is -0.493 e. The van der Waals surface area contributed by atoms with Gasteiger partial charge < -0.3 is 19.3 Å². The molecule has 11 nitrogen and oxygen atoms in total. The average Bonchev–Trinajstić information content (AvgIpc) is 2.89. The highest BCUT2D eigenvalue weighted by molar-refractivity contribution is 7.92. The van der Waals surface area contributed by atoms with Crippen LogP contribution < -0.4 is 18.9 Å². The van der Waals surface area contributed by atoms with Crippen molar-refractivity contribution in [1.29, 1.82) is 0 Å². The van der Waals surface area contributed by atoms with E-state index in [0.717, 1.165) is 5.56 Å². The number of sulfonamides is 1. The SMILES string of the molecule is COc1ccccc1Oc1c(NS(=O)(=O)c2ccc(C)cn2)nc(-c2ccncc2)nc1OCCO. The van der Waals surface area contributed by atoms with Crippen LogP contribution in [0.4, 0.5) is 5.82 Å². The number of aromatic nitrogens is 4. The van der Waals surface area contributed by atoms with Gasteiger partial charge in [-0.1, -0.05) is 18.2 Å². The van der Waals surface area contributed by atoms with Gasteiger partial charge in [0, 0.05) is 24.2 Å². The molecule has 0 bridgehead atoms. The summed E-state index contributed by atoms with van der Waals surface area (Å²) in [6, 6.07) is 13.1. The van der Waals surface area contributed by atoms with E-state index in [1.54, 1.807) is 61.8 Å². The lowest BCUT2D eigenvalue weighted by atomic mass is 10.2. The zero-order chi connectivity index (χ0) is 25.5. The molecule has 4 aromatic rings. The summed E-state index contributed by atoms with van der Waals surface area (Å²) in [6.45, 7) is 1.37. The molecule has 0 saturated heterocycles. The first-order valence-corrected chi connectivity index (χ1v) is 12.2. The van der Waals surface area contributed by atoms with Crippen LogP contribution in [-0.2, 0) is 10.0 Å². The molecule has 4 rings (SSSR count). The zero-order valence-electron chi connectivity index (χ0n) is 19.5. The fourth-order valence-electron chi connectivity index (χ4n) is 3.07. The third-order valence-electron chi connectivity index (χ3n) is 4.77. The Bertz CT molecular complexity index is 1430. The number of pyridine rings is 2. The fourth-order valence-corrected chi connectivity index (χ4v) is 4.00. The van der Waals surface area contributed by atoms with Gasteiger partial charge >= 0.3 is 0 Å². The number of anilines is 1. The monoisotopic (exact) mass is 509 g/mol. The van der Waals surface area contributed by atoms with Crippen molar-refractivity contribution >= 4 is 15.8 Å². The number of hydrogen-bond acceptors (Lipinski definition) is 10. The van der Waals surface area contributed by atoms with Gasteiger partial charge in [0.1, 0.15) is 6.61 Å². The highest BCUT2D eigenvalue weighted by Gasteiger charge is 2.26. The van der Waals surface area contributed by atoms with E-state index in [1.165, 1.54) is 19.4 Å². The number of hydrogen-bond donors (Lipinski definition) is 2. The molecule has 0 radical (unpaired) electrons. The van der Waals surface area contributed by atoms with Crippen molar-refractivity contribution in [2.45, 2.75) is 11.9 Å². The Kier molecular flexibility index (Phi) is 7.56. The van der Waals surface area contributed by atoms with Crippen LogP contribution in [0.5, 0.6) is 23.1 Å². The number of aliphatic hydroxyl groups is 1. The van der Waals surface area contributed by atoms with Gasteiger partial charge in [0.2, 0.25) is 5.75 Å². The maximum atomic E-state index is 13.2. The number of ether oxygens (including phenoxy) is 3. The molecule has 3 heterocycles. The third kappa shape index (κ3) is 5.67. The second-order valence-corrected chi connectivity index (χ2v) is 9.00. The molecule has 12 heteroatoms. The number of aliphatic hydroxyl groups excluding tert-OH is 1. The Hall–Kier alpha value is -4.29. The molecule has 186 valence electrons. The predicted octanol–water partition coefficient (Wildman–Crippen LogP) is 3.21. The van der Waals surface area contributed by atoms with Gasteiger partial charge in [-0.25, -0.2) is 9.97 Å². The van der Waals surface area contributed by atoms with E-state index < -0.39 is 10.0 Å². The molecular formula is C24H23N5O6S. The molecule has 0 spiro atoms. The molecule has 0 amide bonds. The van der Waals surface area contributed by atoms with Gasteiger partial charge in [-0.3, -0.25) is 9.71 Å². The molecule has 0 unspecified atom stereocenters. The summed E-state index contributed by atoms with van der Waals surface area (Å²) in [7, 11) is -2.70. The molecule has 0 fully saturated rings. The summed E-state index contributed by atoms with van der Waals surface area (Å²) >= 11 is 0. The van der Waals surface area contributed by atoms with E-state index in [1.807, 2.05) is 0 Å². The minimum atomic E-state index is -4.18. The largest absolute Gasteiger partial charge is 0.493 e. The maximum absolute atomic E-state index is 13.2. The van der Waals surface area contributed by atoms with Crippen LogP contribution in [0.1, 0.15) is 5.56 Å². The van der Waals surface area contributed by atoms with Crippen molar-refractivity contribution in [1.82, 2.24) is 19.9 Å². The summed E-state index contributed by atoms with van der Waals surface area (Å²) in [6.07, 6.45) is 4.54. The number of nitrogens with zero attached hydrogens (tertiary/aromatic N) is 4. The van der Waals surface area contributed by atoms with Crippen LogP contribution in [0.2, 0.25) is 0 Å². The standard InChI is InChI=1S/C24H23N5O6S/c1-16-7-8-20(26-15-16)36(31,32)29-23-21(35-19-6-4-3-5-18(19)33-2)24(34-14-13-30)28-22(27-23)17-9-11-25-12-10-17/h3-12,15,30H,13-14H2,1-2H3,(H,27,28,29). The first-order chi connectivity index (χ1) is 17.4. The lowest BCUT2D eigenvalue weighted by Gasteiger charge is -2.18. The molecule has 36 heavy (non-hydrogen) atoms. The van der Waals surface area contributed by atoms with Gasteiger partial charge in [-0.2, -0.15) is 13.4 Å². The van der Waals surface area contributed by atoms with Crippen molar-refractivity contribution in [2.75, 3.05) is 25.0 Å². The van der Waals surface area contributed by atoms with Crippen LogP contribution >= 0.6 is 0 Å². The van der Waals surface area contributed by atoms with E-state index in [4.69, 9.17) is 14.2 Å². The summed E-state index contributed by atoms with van der Waals surface area (Å²) in [5.41, 5.74) is 1.35. The third-order valence-corrected chi connectivity index (χ3v) is 6.03. The van der Waals surface area contributed by atoms with Crippen LogP contribution in [0.15, 0.2) is 72.1 Å². The molecule has 0 aliphatic heterocycles. The molecule has 0 atom stereocenters. The zero-order valence-corrected chi connectivity index (χ0v) is 20.3. The van der Waals surface area contributed by atoms with Gasteiger partial charge in [0.15, 0.2) is 28.2 Å². The quantitative estimate of drug-likeness (QED) is 0.327. The Balaban J connectivity index is 1.88. The van der Waals surface area contributed by atoms with Crippen molar-refractivity contribution in [3.05, 3.63) is 72.7 Å². The molecule has 0 aliphatic rings. The highest BCUT2D eigenvalue weighted by atomic mass is 32.2. The number of methoxy groups -OCH3 is 1. The Labute approximate surface area is 207 Å². The van der Waals surface area contributed by atoms with E-state index in [-0.39, 0.29) is 47.3 Å². The van der Waals surface area contributed by atoms with Crippen molar-refractivity contribution in [3.8, 4) is 34.5 Å². The first-order valence-electron chi connectivity index (χ1n) is 10.7. The smallest absolute Gasteiger partial charge is 0.280 e. The predicted molar refractivity (Wildman–Crippen MR) is 131 cm³/mol. The summed E-state index contributed by atoms with van der Waals surface area (Å²) in [5, 5.41) is 9.14. The molecule has 1 aromatic carbocycles. The van der Waals surface area contributed by atoms with Crippen LogP contribution in [0, 0.1) is 6.92 Å². The number of aryl methyl sites for hydroxylation is 1. The van der Waals surface area contributed by atoms with E-state index in [0.29, 0.717) is 11.3 Å². The maximum Gasteiger partial charge on any atom is 0.280 e. The minimum absolute atomic E-state index is 0.0914. The second kappa shape index (κ2) is 11.0. The number of nitrogens with one attached hydrogen (secondary N) is 1. The van der Waals surface area contributed by atoms with E-state index in [9.17, 15) is 13.5 Å². The van der Waals surface area contributed by atoms with Crippen LogP contribution in [0.25, 0.3) is 11.4 Å². The summed E-state index contributed by atoms with van der Waals surface area (Å²) in [5.74, 6) is 0.388. The Morgan fingerprint density at radius 1 is 1.00 bits per heavy atom. The van der Waals surface area contributed by atoms with E-state index in [2.05, 4.69) is 24.7 Å². The van der Waals surface area contributed by atoms with Gasteiger partial charge in [0.25, 0.3) is 15.9 Å². The number of benzene rings is 1. The van der Waals surface area contributed by atoms with Crippen LogP contribution in [-0.4, -0.2) is 53.8 Å². The van der Waals surface area contributed by atoms with Gasteiger partial charge in [-0.15, -0.1) is 0 Å².